The van der Waals surface area contributed by atoms with Crippen LogP contribution in [0.2, 0.25) is 0 Å². The van der Waals surface area contributed by atoms with Gasteiger partial charge < -0.3 is 20.1 Å². The maximum absolute atomic E-state index is 12.3. The van der Waals surface area contributed by atoms with Crippen molar-refractivity contribution >= 4 is 5.91 Å². The van der Waals surface area contributed by atoms with Crippen molar-refractivity contribution < 1.29 is 14.3 Å². The summed E-state index contributed by atoms with van der Waals surface area (Å²) >= 11 is 0. The van der Waals surface area contributed by atoms with Gasteiger partial charge in [0, 0.05) is 19.2 Å². The van der Waals surface area contributed by atoms with Gasteiger partial charge in [0.1, 0.15) is 11.5 Å². The summed E-state index contributed by atoms with van der Waals surface area (Å²) in [4.78, 5) is 14.0. The normalized spacial score (nSPS) is 11.9. The lowest BCUT2D eigenvalue weighted by Gasteiger charge is -2.24. The number of benzene rings is 1. The van der Waals surface area contributed by atoms with Crippen LogP contribution in [-0.2, 0) is 11.2 Å². The minimum Gasteiger partial charge on any atom is -0.497 e. The van der Waals surface area contributed by atoms with E-state index >= 15 is 0 Å². The Morgan fingerprint density at radius 1 is 1.33 bits per heavy atom. The highest BCUT2D eigenvalue weighted by molar-refractivity contribution is 5.80. The summed E-state index contributed by atoms with van der Waals surface area (Å²) in [5.41, 5.74) is 6.60. The van der Waals surface area contributed by atoms with E-state index in [-0.39, 0.29) is 5.91 Å². The zero-order valence-corrected chi connectivity index (χ0v) is 13.4. The van der Waals surface area contributed by atoms with E-state index in [0.717, 1.165) is 5.56 Å². The van der Waals surface area contributed by atoms with Crippen LogP contribution in [0.3, 0.4) is 0 Å². The molecule has 21 heavy (non-hydrogen) atoms. The molecular weight excluding hydrogens is 268 g/mol. The molecule has 0 saturated carbocycles. The number of hydrogen-bond donors (Lipinski definition) is 1. The number of amides is 1. The van der Waals surface area contributed by atoms with Crippen LogP contribution in [-0.4, -0.2) is 43.7 Å². The maximum Gasteiger partial charge on any atom is 0.263 e. The van der Waals surface area contributed by atoms with E-state index in [1.54, 1.807) is 25.0 Å². The lowest BCUT2D eigenvalue weighted by atomic mass is 10.1. The predicted molar refractivity (Wildman–Crippen MR) is 83.8 cm³/mol. The fourth-order valence-electron chi connectivity index (χ4n) is 2.17. The van der Waals surface area contributed by atoms with Crippen molar-refractivity contribution in [3.05, 3.63) is 23.8 Å². The molecular formula is C16H26N2O3. The molecule has 0 heterocycles. The van der Waals surface area contributed by atoms with E-state index in [1.807, 2.05) is 26.0 Å². The lowest BCUT2D eigenvalue weighted by Crippen LogP contribution is -2.40. The summed E-state index contributed by atoms with van der Waals surface area (Å²) in [6.45, 7) is 7.57. The first-order valence-corrected chi connectivity index (χ1v) is 7.39. The van der Waals surface area contributed by atoms with Crippen molar-refractivity contribution in [3.8, 4) is 11.5 Å². The van der Waals surface area contributed by atoms with E-state index in [1.165, 1.54) is 0 Å². The van der Waals surface area contributed by atoms with Crippen molar-refractivity contribution in [2.75, 3.05) is 26.7 Å². The van der Waals surface area contributed by atoms with Gasteiger partial charge in [0.25, 0.3) is 5.91 Å². The van der Waals surface area contributed by atoms with E-state index in [0.29, 0.717) is 37.6 Å². The van der Waals surface area contributed by atoms with Crippen LogP contribution in [0.25, 0.3) is 0 Å². The van der Waals surface area contributed by atoms with Crippen molar-refractivity contribution in [2.24, 2.45) is 5.73 Å². The van der Waals surface area contributed by atoms with Crippen molar-refractivity contribution in [2.45, 2.75) is 33.3 Å². The van der Waals surface area contributed by atoms with Crippen LogP contribution in [0.15, 0.2) is 18.2 Å². The molecule has 118 valence electrons. The number of nitrogens with zero attached hydrogens (tertiary/aromatic N) is 1. The smallest absolute Gasteiger partial charge is 0.263 e. The number of methoxy groups -OCH3 is 1. The molecule has 1 atom stereocenters. The Labute approximate surface area is 127 Å². The number of carbonyl (C=O) groups excluding carboxylic acids is 1. The van der Waals surface area contributed by atoms with Gasteiger partial charge >= 0.3 is 0 Å². The second-order valence-electron chi connectivity index (χ2n) is 4.78. The van der Waals surface area contributed by atoms with Crippen molar-refractivity contribution in [1.29, 1.82) is 0 Å². The topological polar surface area (TPSA) is 64.8 Å². The molecule has 1 unspecified atom stereocenters. The third-order valence-corrected chi connectivity index (χ3v) is 3.41. The zero-order chi connectivity index (χ0) is 15.8. The van der Waals surface area contributed by atoms with Gasteiger partial charge in [-0.15, -0.1) is 0 Å². The molecule has 0 spiro atoms. The molecule has 0 fully saturated rings. The molecule has 1 rings (SSSR count). The molecule has 1 amide bonds. The molecule has 1 aromatic carbocycles. The van der Waals surface area contributed by atoms with Crippen LogP contribution >= 0.6 is 0 Å². The molecule has 0 radical (unpaired) electrons. The minimum absolute atomic E-state index is 0.0125. The summed E-state index contributed by atoms with van der Waals surface area (Å²) in [7, 11) is 1.60. The number of ether oxygens (including phenoxy) is 2. The highest BCUT2D eigenvalue weighted by Crippen LogP contribution is 2.26. The summed E-state index contributed by atoms with van der Waals surface area (Å²) in [6, 6.07) is 5.60. The van der Waals surface area contributed by atoms with Gasteiger partial charge in [-0.3, -0.25) is 4.79 Å². The standard InChI is InChI=1S/C16H26N2O3/c1-5-18(6-2)16(19)12(3)21-15-11-14(20-4)8-7-13(15)9-10-17/h7-8,11-12H,5-6,9-10,17H2,1-4H3. The Hall–Kier alpha value is -1.75. The first-order chi connectivity index (χ1) is 10.1. The second-order valence-corrected chi connectivity index (χ2v) is 4.78. The molecule has 0 bridgehead atoms. The van der Waals surface area contributed by atoms with Gasteiger partial charge in [-0.25, -0.2) is 0 Å². The third kappa shape index (κ3) is 4.63. The van der Waals surface area contributed by atoms with Gasteiger partial charge in [-0.05, 0) is 45.4 Å². The Kier molecular flexibility index (Phi) is 7.02. The molecule has 5 nitrogen and oxygen atoms in total. The highest BCUT2D eigenvalue weighted by atomic mass is 16.5. The van der Waals surface area contributed by atoms with Crippen LogP contribution in [0.5, 0.6) is 11.5 Å². The molecule has 0 aliphatic heterocycles. The maximum atomic E-state index is 12.3. The van der Waals surface area contributed by atoms with E-state index < -0.39 is 6.10 Å². The van der Waals surface area contributed by atoms with Gasteiger partial charge in [0.05, 0.1) is 7.11 Å². The monoisotopic (exact) mass is 294 g/mol. The van der Waals surface area contributed by atoms with E-state index in [4.69, 9.17) is 15.2 Å². The van der Waals surface area contributed by atoms with Gasteiger partial charge in [0.15, 0.2) is 6.10 Å². The minimum atomic E-state index is -0.534. The third-order valence-electron chi connectivity index (χ3n) is 3.41. The first-order valence-electron chi connectivity index (χ1n) is 7.39. The summed E-state index contributed by atoms with van der Waals surface area (Å²) in [5.74, 6) is 1.35. The van der Waals surface area contributed by atoms with Gasteiger partial charge in [-0.1, -0.05) is 6.07 Å². The molecule has 2 N–H and O–H groups in total. The average Bonchev–Trinajstić information content (AvgIpc) is 2.50. The number of likely N-dealkylation sites (N-methyl/N-ethyl adjacent to an activating group) is 1. The number of carbonyl (C=O) groups is 1. The van der Waals surface area contributed by atoms with Gasteiger partial charge in [-0.2, -0.15) is 0 Å². The number of hydrogen-bond acceptors (Lipinski definition) is 4. The van der Waals surface area contributed by atoms with Crippen LogP contribution in [0.4, 0.5) is 0 Å². The molecule has 0 saturated heterocycles. The zero-order valence-electron chi connectivity index (χ0n) is 13.4. The summed E-state index contributed by atoms with van der Waals surface area (Å²) in [6.07, 6.45) is 0.166. The van der Waals surface area contributed by atoms with Crippen LogP contribution in [0.1, 0.15) is 26.3 Å². The predicted octanol–water partition coefficient (Wildman–Crippen LogP) is 1.83. The quantitative estimate of drug-likeness (QED) is 0.794. The molecule has 1 aromatic rings. The summed E-state index contributed by atoms with van der Waals surface area (Å²) in [5, 5.41) is 0. The van der Waals surface area contributed by atoms with Crippen LogP contribution in [0, 0.1) is 0 Å². The molecule has 0 aliphatic rings. The van der Waals surface area contributed by atoms with E-state index in [9.17, 15) is 4.79 Å². The SMILES string of the molecule is CCN(CC)C(=O)C(C)Oc1cc(OC)ccc1CCN. The van der Waals surface area contributed by atoms with Gasteiger partial charge in [0.2, 0.25) is 0 Å². The Balaban J connectivity index is 2.91. The Bertz CT molecular complexity index is 459. The molecule has 5 heteroatoms. The lowest BCUT2D eigenvalue weighted by molar-refractivity contribution is -0.137. The second kappa shape index (κ2) is 8.52. The van der Waals surface area contributed by atoms with Crippen LogP contribution < -0.4 is 15.2 Å². The Morgan fingerprint density at radius 2 is 2.00 bits per heavy atom. The average molecular weight is 294 g/mol. The van der Waals surface area contributed by atoms with Crippen molar-refractivity contribution in [1.82, 2.24) is 4.90 Å². The highest BCUT2D eigenvalue weighted by Gasteiger charge is 2.21. The fourth-order valence-corrected chi connectivity index (χ4v) is 2.17. The summed E-state index contributed by atoms with van der Waals surface area (Å²) < 4.78 is 11.1. The first kappa shape index (κ1) is 17.3. The fraction of sp³-hybridized carbons (Fsp3) is 0.562. The number of nitrogens with two attached hydrogens (primary N) is 1. The van der Waals surface area contributed by atoms with E-state index in [2.05, 4.69) is 0 Å². The molecule has 0 aromatic heterocycles. The largest absolute Gasteiger partial charge is 0.497 e. The molecule has 0 aliphatic carbocycles. The number of rotatable bonds is 8. The Morgan fingerprint density at radius 3 is 2.52 bits per heavy atom. The van der Waals surface area contributed by atoms with Crippen molar-refractivity contribution in [3.63, 3.8) is 0 Å².